The molecular formula is C27H34ClNO4. The summed E-state index contributed by atoms with van der Waals surface area (Å²) in [5, 5.41) is 24.0. The molecule has 33 heavy (non-hydrogen) atoms. The molecule has 178 valence electrons. The summed E-state index contributed by atoms with van der Waals surface area (Å²) in [5.41, 5.74) is 4.80. The first-order valence-corrected chi connectivity index (χ1v) is 12.1. The molecule has 0 bridgehead atoms. The number of esters is 1. The van der Waals surface area contributed by atoms with Crippen LogP contribution in [0.4, 0.5) is 0 Å². The highest BCUT2D eigenvalue weighted by Crippen LogP contribution is 2.32. The van der Waals surface area contributed by atoms with E-state index in [9.17, 15) is 15.0 Å². The first-order valence-electron chi connectivity index (χ1n) is 11.7. The molecule has 0 unspecified atom stereocenters. The second kappa shape index (κ2) is 12.9. The van der Waals surface area contributed by atoms with Crippen molar-refractivity contribution in [3.05, 3.63) is 82.0 Å². The molecule has 2 aliphatic rings. The van der Waals surface area contributed by atoms with Gasteiger partial charge in [-0.3, -0.25) is 10.1 Å². The van der Waals surface area contributed by atoms with Gasteiger partial charge < -0.3 is 14.9 Å². The van der Waals surface area contributed by atoms with Crippen molar-refractivity contribution in [2.75, 3.05) is 6.61 Å². The SMILES string of the molecule is CCOC(=O)[C@H](CCc1ccccc1)N[C@@H](CC1=CC=C(C2=CC(Cl)=CCC2)CC1)C(O)O. The molecule has 0 heterocycles. The maximum atomic E-state index is 12.6. The van der Waals surface area contributed by atoms with Crippen LogP contribution in [0.5, 0.6) is 0 Å². The van der Waals surface area contributed by atoms with Crippen LogP contribution in [0, 0.1) is 0 Å². The van der Waals surface area contributed by atoms with E-state index in [2.05, 4.69) is 17.5 Å². The number of halogens is 1. The highest BCUT2D eigenvalue weighted by Gasteiger charge is 2.27. The van der Waals surface area contributed by atoms with Gasteiger partial charge in [-0.05, 0) is 74.7 Å². The number of benzene rings is 1. The van der Waals surface area contributed by atoms with Crippen molar-refractivity contribution in [2.45, 2.75) is 70.2 Å². The fraction of sp³-hybridized carbons (Fsp3) is 0.444. The molecule has 0 saturated carbocycles. The molecule has 5 nitrogen and oxygen atoms in total. The summed E-state index contributed by atoms with van der Waals surface area (Å²) >= 11 is 6.16. The van der Waals surface area contributed by atoms with Gasteiger partial charge in [0.1, 0.15) is 6.04 Å². The summed E-state index contributed by atoms with van der Waals surface area (Å²) in [6.07, 6.45) is 12.0. The Labute approximate surface area is 201 Å². The predicted molar refractivity (Wildman–Crippen MR) is 132 cm³/mol. The van der Waals surface area contributed by atoms with Gasteiger partial charge in [0.25, 0.3) is 0 Å². The van der Waals surface area contributed by atoms with Crippen LogP contribution >= 0.6 is 11.6 Å². The van der Waals surface area contributed by atoms with E-state index in [-0.39, 0.29) is 12.6 Å². The molecule has 2 atom stereocenters. The summed E-state index contributed by atoms with van der Waals surface area (Å²) in [7, 11) is 0. The van der Waals surface area contributed by atoms with Gasteiger partial charge >= 0.3 is 5.97 Å². The minimum atomic E-state index is -1.59. The minimum absolute atomic E-state index is 0.280. The Kier molecular flexibility index (Phi) is 9.95. The van der Waals surface area contributed by atoms with Crippen LogP contribution in [0.25, 0.3) is 0 Å². The molecule has 0 amide bonds. The van der Waals surface area contributed by atoms with Crippen molar-refractivity contribution in [3.63, 3.8) is 0 Å². The van der Waals surface area contributed by atoms with Crippen molar-refractivity contribution >= 4 is 17.6 Å². The first-order chi connectivity index (χ1) is 16.0. The summed E-state index contributed by atoms with van der Waals surface area (Å²) in [6, 6.07) is 8.64. The third-order valence-corrected chi connectivity index (χ3v) is 6.37. The number of allylic oxidation sites excluding steroid dienone is 7. The van der Waals surface area contributed by atoms with Crippen LogP contribution in [0.15, 0.2) is 76.4 Å². The number of hydrogen-bond donors (Lipinski definition) is 3. The van der Waals surface area contributed by atoms with E-state index < -0.39 is 18.4 Å². The monoisotopic (exact) mass is 471 g/mol. The Morgan fingerprint density at radius 1 is 1.12 bits per heavy atom. The third kappa shape index (κ3) is 7.97. The normalized spacial score (nSPS) is 18.1. The average molecular weight is 472 g/mol. The van der Waals surface area contributed by atoms with Gasteiger partial charge in [-0.1, -0.05) is 65.7 Å². The maximum Gasteiger partial charge on any atom is 0.323 e. The van der Waals surface area contributed by atoms with E-state index >= 15 is 0 Å². The number of hydrogen-bond acceptors (Lipinski definition) is 5. The standard InChI is InChI=1S/C27H34ClNO4/c1-2-33-27(32)24(16-13-19-7-4-3-5-8-19)29-25(26(30)31)17-20-11-14-21(15-12-20)22-9-6-10-23(28)18-22/h3-5,7-8,10-11,14,18,24-26,29-31H,2,6,9,12-13,15-17H2,1H3/t24-,25-/m0/s1. The number of nitrogens with one attached hydrogen (secondary N) is 1. The predicted octanol–water partition coefficient (Wildman–Crippen LogP) is 4.70. The maximum absolute atomic E-state index is 12.6. The van der Waals surface area contributed by atoms with E-state index in [0.29, 0.717) is 19.3 Å². The van der Waals surface area contributed by atoms with Gasteiger partial charge in [-0.2, -0.15) is 0 Å². The van der Waals surface area contributed by atoms with Crippen LogP contribution in [0.2, 0.25) is 0 Å². The van der Waals surface area contributed by atoms with E-state index in [1.54, 1.807) is 6.92 Å². The smallest absolute Gasteiger partial charge is 0.323 e. The summed E-state index contributed by atoms with van der Waals surface area (Å²) in [4.78, 5) is 12.6. The van der Waals surface area contributed by atoms with E-state index in [4.69, 9.17) is 16.3 Å². The van der Waals surface area contributed by atoms with Crippen LogP contribution in [-0.2, 0) is 16.0 Å². The van der Waals surface area contributed by atoms with Crippen molar-refractivity contribution in [2.24, 2.45) is 0 Å². The first kappa shape index (κ1) is 25.4. The summed E-state index contributed by atoms with van der Waals surface area (Å²) in [6.45, 7) is 2.05. The Morgan fingerprint density at radius 2 is 1.91 bits per heavy atom. The largest absolute Gasteiger partial charge is 0.465 e. The molecule has 0 fully saturated rings. The highest BCUT2D eigenvalue weighted by molar-refractivity contribution is 6.31. The Bertz CT molecular complexity index is 917. The van der Waals surface area contributed by atoms with Gasteiger partial charge in [0, 0.05) is 5.03 Å². The molecule has 2 aliphatic carbocycles. The second-order valence-corrected chi connectivity index (χ2v) is 8.97. The number of ether oxygens (including phenoxy) is 1. The minimum Gasteiger partial charge on any atom is -0.465 e. The van der Waals surface area contributed by atoms with Gasteiger partial charge in [0.05, 0.1) is 12.6 Å². The number of aryl methyl sites for hydroxylation is 1. The lowest BCUT2D eigenvalue weighted by molar-refractivity contribution is -0.147. The lowest BCUT2D eigenvalue weighted by atomic mass is 9.87. The molecule has 6 heteroatoms. The molecule has 0 radical (unpaired) electrons. The van der Waals surface area contributed by atoms with Crippen LogP contribution in [0.3, 0.4) is 0 Å². The van der Waals surface area contributed by atoms with E-state index in [1.807, 2.05) is 42.5 Å². The van der Waals surface area contributed by atoms with E-state index in [0.717, 1.165) is 41.9 Å². The third-order valence-electron chi connectivity index (χ3n) is 6.11. The van der Waals surface area contributed by atoms with Crippen molar-refractivity contribution in [1.82, 2.24) is 5.32 Å². The van der Waals surface area contributed by atoms with E-state index in [1.165, 1.54) is 11.1 Å². The highest BCUT2D eigenvalue weighted by atomic mass is 35.5. The fourth-order valence-electron chi connectivity index (χ4n) is 4.29. The molecule has 1 aromatic carbocycles. The van der Waals surface area contributed by atoms with Crippen LogP contribution in [-0.4, -0.2) is 41.2 Å². The lowest BCUT2D eigenvalue weighted by Crippen LogP contribution is -2.49. The molecule has 1 aromatic rings. The second-order valence-electron chi connectivity index (χ2n) is 8.53. The van der Waals surface area contributed by atoms with Gasteiger partial charge in [-0.15, -0.1) is 0 Å². The van der Waals surface area contributed by atoms with Crippen molar-refractivity contribution in [1.29, 1.82) is 0 Å². The zero-order valence-electron chi connectivity index (χ0n) is 19.2. The molecule has 0 aliphatic heterocycles. The molecule has 3 N–H and O–H groups in total. The number of aliphatic hydroxyl groups is 2. The van der Waals surface area contributed by atoms with Gasteiger partial charge in [0.15, 0.2) is 6.29 Å². The number of carbonyl (C=O) groups is 1. The topological polar surface area (TPSA) is 78.8 Å². The zero-order valence-corrected chi connectivity index (χ0v) is 19.9. The zero-order chi connectivity index (χ0) is 23.6. The Balaban J connectivity index is 1.66. The Hall–Kier alpha value is -2.18. The van der Waals surface area contributed by atoms with Crippen molar-refractivity contribution in [3.8, 4) is 0 Å². The summed E-state index contributed by atoms with van der Waals surface area (Å²) in [5.74, 6) is -0.368. The number of aliphatic hydroxyl groups excluding tert-OH is 1. The number of carbonyl (C=O) groups excluding carboxylic acids is 1. The van der Waals surface area contributed by atoms with Gasteiger partial charge in [0.2, 0.25) is 0 Å². The van der Waals surface area contributed by atoms with Gasteiger partial charge in [-0.25, -0.2) is 0 Å². The average Bonchev–Trinajstić information content (AvgIpc) is 2.82. The molecular weight excluding hydrogens is 438 g/mol. The molecule has 0 aromatic heterocycles. The fourth-order valence-corrected chi connectivity index (χ4v) is 4.53. The lowest BCUT2D eigenvalue weighted by Gasteiger charge is -2.28. The quantitative estimate of drug-likeness (QED) is 0.322. The van der Waals surface area contributed by atoms with Crippen LogP contribution < -0.4 is 5.32 Å². The van der Waals surface area contributed by atoms with Crippen molar-refractivity contribution < 1.29 is 19.7 Å². The Morgan fingerprint density at radius 3 is 2.55 bits per heavy atom. The molecule has 0 saturated heterocycles. The summed E-state index contributed by atoms with van der Waals surface area (Å²) < 4.78 is 5.24. The molecule has 3 rings (SSSR count). The van der Waals surface area contributed by atoms with Crippen LogP contribution in [0.1, 0.15) is 51.0 Å². The number of rotatable bonds is 11. The molecule has 0 spiro atoms.